The highest BCUT2D eigenvalue weighted by Gasteiger charge is 2.41. The average Bonchev–Trinajstić information content (AvgIpc) is 2.98. The van der Waals surface area contributed by atoms with E-state index in [2.05, 4.69) is 0 Å². The van der Waals surface area contributed by atoms with E-state index in [4.69, 9.17) is 33.3 Å². The van der Waals surface area contributed by atoms with Gasteiger partial charge in [0.2, 0.25) is 0 Å². The van der Waals surface area contributed by atoms with Gasteiger partial charge in [-0.15, -0.1) is 0 Å². The molecule has 0 unspecified atom stereocenters. The molecule has 0 aliphatic carbocycles. The number of anilines is 2. The molecule has 0 radical (unpaired) electrons. The molecule has 6 nitrogen and oxygen atoms in total. The van der Waals surface area contributed by atoms with Gasteiger partial charge in [-0.2, -0.15) is 0 Å². The molecule has 1 heterocycles. The summed E-state index contributed by atoms with van der Waals surface area (Å²) in [4.78, 5) is 30.6. The van der Waals surface area contributed by atoms with Crippen LogP contribution < -0.4 is 19.3 Å². The number of halogens is 1. The zero-order valence-corrected chi connectivity index (χ0v) is 25.0. The summed E-state index contributed by atoms with van der Waals surface area (Å²) in [5.41, 5.74) is 4.77. The number of thiocarbonyl (C=S) groups is 1. The molecule has 0 saturated carbocycles. The van der Waals surface area contributed by atoms with Crippen LogP contribution in [0.3, 0.4) is 0 Å². The summed E-state index contributed by atoms with van der Waals surface area (Å²) in [6.07, 6.45) is 1.57. The minimum absolute atomic E-state index is 0.0259. The molecule has 0 atom stereocenters. The SMILES string of the molecule is CCOc1cc(C=C2C(=O)N(c3ccc(C)cc3)C(=S)N(c3ccc(C)cc3)C2=O)ccc1OCc1ccc(Cl)cc1. The van der Waals surface area contributed by atoms with Crippen molar-refractivity contribution in [2.75, 3.05) is 16.4 Å². The van der Waals surface area contributed by atoms with Crippen LogP contribution in [0.15, 0.2) is 96.6 Å². The highest BCUT2D eigenvalue weighted by atomic mass is 35.5. The Balaban J connectivity index is 1.52. The van der Waals surface area contributed by atoms with Gasteiger partial charge in [0.05, 0.1) is 18.0 Å². The second kappa shape index (κ2) is 12.6. The van der Waals surface area contributed by atoms with Crippen LogP contribution in [0.4, 0.5) is 11.4 Å². The zero-order chi connectivity index (χ0) is 29.8. The molecule has 1 saturated heterocycles. The minimum Gasteiger partial charge on any atom is -0.490 e. The molecule has 212 valence electrons. The first kappa shape index (κ1) is 29.0. The summed E-state index contributed by atoms with van der Waals surface area (Å²) >= 11 is 11.7. The number of ether oxygens (including phenoxy) is 2. The Labute approximate surface area is 255 Å². The van der Waals surface area contributed by atoms with E-state index < -0.39 is 11.8 Å². The Bertz CT molecular complexity index is 1600. The minimum atomic E-state index is -0.502. The number of aryl methyl sites for hydroxylation is 2. The molecule has 0 aromatic heterocycles. The Morgan fingerprint density at radius 3 is 1.81 bits per heavy atom. The van der Waals surface area contributed by atoms with E-state index in [0.29, 0.717) is 46.7 Å². The van der Waals surface area contributed by atoms with Gasteiger partial charge in [0.15, 0.2) is 16.6 Å². The van der Waals surface area contributed by atoms with Crippen LogP contribution in [-0.2, 0) is 16.2 Å². The van der Waals surface area contributed by atoms with E-state index in [0.717, 1.165) is 16.7 Å². The second-order valence-corrected chi connectivity index (χ2v) is 10.6. The molecule has 1 aliphatic heterocycles. The molecular formula is C34H29ClN2O4S. The van der Waals surface area contributed by atoms with Gasteiger partial charge < -0.3 is 9.47 Å². The van der Waals surface area contributed by atoms with Crippen molar-refractivity contribution in [3.8, 4) is 11.5 Å². The third kappa shape index (κ3) is 6.22. The lowest BCUT2D eigenvalue weighted by molar-refractivity contribution is -0.120. The van der Waals surface area contributed by atoms with Crippen LogP contribution in [0, 0.1) is 13.8 Å². The van der Waals surface area contributed by atoms with E-state index in [1.165, 1.54) is 9.80 Å². The fourth-order valence-corrected chi connectivity index (χ4v) is 4.99. The molecule has 0 N–H and O–H groups in total. The molecule has 0 bridgehead atoms. The molecule has 4 aromatic carbocycles. The monoisotopic (exact) mass is 596 g/mol. The normalized spacial score (nSPS) is 13.4. The number of nitrogens with zero attached hydrogens (tertiary/aromatic N) is 2. The number of amides is 2. The van der Waals surface area contributed by atoms with Crippen molar-refractivity contribution in [2.45, 2.75) is 27.4 Å². The Morgan fingerprint density at radius 1 is 0.738 bits per heavy atom. The lowest BCUT2D eigenvalue weighted by Crippen LogP contribution is -2.56. The molecule has 1 fully saturated rings. The lowest BCUT2D eigenvalue weighted by Gasteiger charge is -2.36. The number of hydrogen-bond donors (Lipinski definition) is 0. The van der Waals surface area contributed by atoms with Crippen molar-refractivity contribution in [3.05, 3.63) is 124 Å². The summed E-state index contributed by atoms with van der Waals surface area (Å²) in [6.45, 7) is 6.54. The molecule has 5 rings (SSSR count). The smallest absolute Gasteiger partial charge is 0.270 e. The van der Waals surface area contributed by atoms with E-state index in [-0.39, 0.29) is 10.7 Å². The first-order valence-electron chi connectivity index (χ1n) is 13.5. The Morgan fingerprint density at radius 2 is 1.29 bits per heavy atom. The maximum Gasteiger partial charge on any atom is 0.270 e. The van der Waals surface area contributed by atoms with Crippen molar-refractivity contribution in [3.63, 3.8) is 0 Å². The summed E-state index contributed by atoms with van der Waals surface area (Å²) < 4.78 is 11.9. The largest absolute Gasteiger partial charge is 0.490 e. The van der Waals surface area contributed by atoms with Gasteiger partial charge >= 0.3 is 0 Å². The molecular weight excluding hydrogens is 568 g/mol. The predicted octanol–water partition coefficient (Wildman–Crippen LogP) is 7.68. The van der Waals surface area contributed by atoms with Crippen LogP contribution in [0.1, 0.15) is 29.2 Å². The summed E-state index contributed by atoms with van der Waals surface area (Å²) in [6, 6.07) is 27.6. The van der Waals surface area contributed by atoms with Crippen LogP contribution in [0.2, 0.25) is 5.02 Å². The Kier molecular flexibility index (Phi) is 8.71. The van der Waals surface area contributed by atoms with E-state index in [1.807, 2.05) is 93.6 Å². The van der Waals surface area contributed by atoms with E-state index in [9.17, 15) is 9.59 Å². The molecule has 1 aliphatic rings. The van der Waals surface area contributed by atoms with Crippen LogP contribution in [0.25, 0.3) is 6.08 Å². The average molecular weight is 597 g/mol. The van der Waals surface area contributed by atoms with E-state index >= 15 is 0 Å². The van der Waals surface area contributed by atoms with Crippen LogP contribution in [-0.4, -0.2) is 23.5 Å². The van der Waals surface area contributed by atoms with Crippen molar-refractivity contribution in [2.24, 2.45) is 0 Å². The molecule has 2 amide bonds. The lowest BCUT2D eigenvalue weighted by atomic mass is 10.0. The second-order valence-electron chi connectivity index (χ2n) is 9.85. The van der Waals surface area contributed by atoms with Crippen molar-refractivity contribution in [1.82, 2.24) is 0 Å². The summed E-state index contributed by atoms with van der Waals surface area (Å²) in [5, 5.41) is 0.747. The standard InChI is InChI=1S/C34H29ClN2O4S/c1-4-40-31-20-25(11-18-30(31)41-21-24-9-12-26(35)13-10-24)19-29-32(38)36(27-14-5-22(2)6-15-27)34(42)37(33(29)39)28-16-7-23(3)8-17-28/h5-20H,4,21H2,1-3H3. The number of carbonyl (C=O) groups excluding carboxylic acids is 2. The number of carbonyl (C=O) groups is 2. The maximum atomic E-state index is 13.9. The van der Waals surface area contributed by atoms with E-state index in [1.54, 1.807) is 24.3 Å². The fourth-order valence-electron chi connectivity index (χ4n) is 4.48. The molecule has 8 heteroatoms. The highest BCUT2D eigenvalue weighted by Crippen LogP contribution is 2.33. The van der Waals surface area contributed by atoms with Crippen LogP contribution >= 0.6 is 23.8 Å². The molecule has 42 heavy (non-hydrogen) atoms. The molecule has 4 aromatic rings. The van der Waals surface area contributed by atoms with Gasteiger partial charge in [-0.25, -0.2) is 0 Å². The van der Waals surface area contributed by atoms with Gasteiger partial charge in [-0.05, 0) is 98.7 Å². The van der Waals surface area contributed by atoms with Gasteiger partial charge in [0, 0.05) is 5.02 Å². The maximum absolute atomic E-state index is 13.9. The van der Waals surface area contributed by atoms with Gasteiger partial charge in [-0.1, -0.05) is 65.2 Å². The van der Waals surface area contributed by atoms with Crippen LogP contribution in [0.5, 0.6) is 11.5 Å². The number of benzene rings is 4. The predicted molar refractivity (Wildman–Crippen MR) is 171 cm³/mol. The first-order valence-corrected chi connectivity index (χ1v) is 14.3. The zero-order valence-electron chi connectivity index (χ0n) is 23.5. The highest BCUT2D eigenvalue weighted by molar-refractivity contribution is 7.81. The quantitative estimate of drug-likeness (QED) is 0.119. The summed E-state index contributed by atoms with van der Waals surface area (Å²) in [5.74, 6) is 0.0355. The van der Waals surface area contributed by atoms with Crippen molar-refractivity contribution < 1.29 is 19.1 Å². The third-order valence-corrected chi connectivity index (χ3v) is 7.34. The van der Waals surface area contributed by atoms with Gasteiger partial charge in [0.25, 0.3) is 11.8 Å². The fraction of sp³-hybridized carbons (Fsp3) is 0.147. The molecule has 0 spiro atoms. The van der Waals surface area contributed by atoms with Crippen molar-refractivity contribution >= 4 is 58.2 Å². The third-order valence-electron chi connectivity index (χ3n) is 6.72. The van der Waals surface area contributed by atoms with Crippen molar-refractivity contribution in [1.29, 1.82) is 0 Å². The first-order chi connectivity index (χ1) is 20.2. The Hall–Kier alpha value is -4.46. The topological polar surface area (TPSA) is 59.1 Å². The summed E-state index contributed by atoms with van der Waals surface area (Å²) in [7, 11) is 0. The van der Waals surface area contributed by atoms with Gasteiger partial charge in [-0.3, -0.25) is 19.4 Å². The van der Waals surface area contributed by atoms with Gasteiger partial charge in [0.1, 0.15) is 12.2 Å². The number of rotatable bonds is 8. The number of hydrogen-bond acceptors (Lipinski definition) is 5.